The standard InChI is InChI=1S/C19H15BrClN3O3S2/c1-26-15-6-4-11(21)8-12(15)17(25)23-18(28)24-19-22-14(9-29-19)10-3-5-16(27-2)13(20)7-10/h3-9H,1-2H3,(H2,22,23,24,25,28). The first-order valence-corrected chi connectivity index (χ1v) is 10.6. The van der Waals surface area contributed by atoms with Crippen molar-refractivity contribution in [1.29, 1.82) is 0 Å². The maximum atomic E-state index is 12.5. The summed E-state index contributed by atoms with van der Waals surface area (Å²) in [6.07, 6.45) is 0. The van der Waals surface area contributed by atoms with E-state index in [0.29, 0.717) is 15.9 Å². The monoisotopic (exact) mass is 511 g/mol. The Morgan fingerprint density at radius 2 is 1.90 bits per heavy atom. The molecule has 2 aromatic carbocycles. The molecular weight excluding hydrogens is 498 g/mol. The van der Waals surface area contributed by atoms with Crippen molar-refractivity contribution in [2.75, 3.05) is 19.5 Å². The number of anilines is 1. The van der Waals surface area contributed by atoms with Gasteiger partial charge in [-0.25, -0.2) is 4.98 Å². The highest BCUT2D eigenvalue weighted by Gasteiger charge is 2.15. The average Bonchev–Trinajstić information content (AvgIpc) is 3.16. The second kappa shape index (κ2) is 9.53. The maximum absolute atomic E-state index is 12.5. The molecule has 0 unspecified atom stereocenters. The Bertz CT molecular complexity index is 1070. The number of nitrogens with zero attached hydrogens (tertiary/aromatic N) is 1. The number of halogens is 2. The minimum Gasteiger partial charge on any atom is -0.496 e. The van der Waals surface area contributed by atoms with Gasteiger partial charge in [0, 0.05) is 16.0 Å². The quantitative estimate of drug-likeness (QED) is 0.448. The van der Waals surface area contributed by atoms with E-state index in [4.69, 9.17) is 33.3 Å². The molecule has 0 aliphatic rings. The lowest BCUT2D eigenvalue weighted by atomic mass is 10.2. The van der Waals surface area contributed by atoms with E-state index in [0.717, 1.165) is 21.5 Å². The number of thiazole rings is 1. The Labute approximate surface area is 190 Å². The van der Waals surface area contributed by atoms with Gasteiger partial charge in [0.1, 0.15) is 11.5 Å². The van der Waals surface area contributed by atoms with Gasteiger partial charge in [0.15, 0.2) is 10.2 Å². The van der Waals surface area contributed by atoms with E-state index in [1.807, 2.05) is 23.6 Å². The van der Waals surface area contributed by atoms with E-state index >= 15 is 0 Å². The number of hydrogen-bond donors (Lipinski definition) is 2. The van der Waals surface area contributed by atoms with Crippen molar-refractivity contribution >= 4 is 67.2 Å². The fourth-order valence-corrected chi connectivity index (χ4v) is 4.14. The predicted molar refractivity (Wildman–Crippen MR) is 123 cm³/mol. The van der Waals surface area contributed by atoms with E-state index < -0.39 is 5.91 Å². The zero-order valence-corrected chi connectivity index (χ0v) is 19.3. The number of ether oxygens (including phenoxy) is 2. The topological polar surface area (TPSA) is 72.5 Å². The molecule has 0 saturated heterocycles. The molecule has 0 saturated carbocycles. The van der Waals surface area contributed by atoms with Crippen LogP contribution < -0.4 is 20.1 Å². The van der Waals surface area contributed by atoms with Crippen molar-refractivity contribution in [3.63, 3.8) is 0 Å². The van der Waals surface area contributed by atoms with Crippen molar-refractivity contribution in [1.82, 2.24) is 10.3 Å². The van der Waals surface area contributed by atoms with Gasteiger partial charge in [-0.15, -0.1) is 11.3 Å². The zero-order chi connectivity index (χ0) is 21.0. The van der Waals surface area contributed by atoms with Gasteiger partial charge in [0.05, 0.1) is 29.9 Å². The number of amides is 1. The number of methoxy groups -OCH3 is 2. The molecule has 29 heavy (non-hydrogen) atoms. The molecule has 3 aromatic rings. The first kappa shape index (κ1) is 21.5. The predicted octanol–water partition coefficient (Wildman–Crippen LogP) is 5.37. The number of carbonyl (C=O) groups excluding carboxylic acids is 1. The molecule has 1 amide bonds. The van der Waals surface area contributed by atoms with Gasteiger partial charge >= 0.3 is 0 Å². The summed E-state index contributed by atoms with van der Waals surface area (Å²) >= 11 is 16.0. The second-order valence-corrected chi connectivity index (χ2v) is 8.20. The minimum absolute atomic E-state index is 0.119. The molecular formula is C19H15BrClN3O3S2. The number of rotatable bonds is 5. The zero-order valence-electron chi connectivity index (χ0n) is 15.3. The smallest absolute Gasteiger partial charge is 0.261 e. The van der Waals surface area contributed by atoms with Crippen LogP contribution in [-0.2, 0) is 0 Å². The third kappa shape index (κ3) is 5.24. The van der Waals surface area contributed by atoms with Gasteiger partial charge in [-0.1, -0.05) is 11.6 Å². The summed E-state index contributed by atoms with van der Waals surface area (Å²) in [6.45, 7) is 0. The third-order valence-corrected chi connectivity index (χ3v) is 5.62. The highest BCUT2D eigenvalue weighted by molar-refractivity contribution is 9.10. The van der Waals surface area contributed by atoms with E-state index in [-0.39, 0.29) is 10.7 Å². The Kier molecular flexibility index (Phi) is 7.07. The molecule has 0 bridgehead atoms. The molecule has 0 aliphatic carbocycles. The van der Waals surface area contributed by atoms with Crippen molar-refractivity contribution in [3.8, 4) is 22.8 Å². The van der Waals surface area contributed by atoms with Gasteiger partial charge in [-0.2, -0.15) is 0 Å². The van der Waals surface area contributed by atoms with E-state index in [9.17, 15) is 4.79 Å². The number of benzene rings is 2. The summed E-state index contributed by atoms with van der Waals surface area (Å²) in [6, 6.07) is 10.5. The molecule has 0 spiro atoms. The van der Waals surface area contributed by atoms with Gasteiger partial charge in [0.2, 0.25) is 0 Å². The molecule has 0 atom stereocenters. The fourth-order valence-electron chi connectivity index (χ4n) is 2.45. The van der Waals surface area contributed by atoms with Gasteiger partial charge in [-0.3, -0.25) is 10.1 Å². The van der Waals surface area contributed by atoms with Crippen LogP contribution in [0.4, 0.5) is 5.13 Å². The first-order valence-electron chi connectivity index (χ1n) is 8.16. The first-order chi connectivity index (χ1) is 13.9. The Morgan fingerprint density at radius 3 is 2.59 bits per heavy atom. The van der Waals surface area contributed by atoms with Crippen LogP contribution in [0.3, 0.4) is 0 Å². The molecule has 150 valence electrons. The van der Waals surface area contributed by atoms with Crippen LogP contribution in [0.15, 0.2) is 46.3 Å². The molecule has 1 aromatic heterocycles. The lowest BCUT2D eigenvalue weighted by molar-refractivity contribution is 0.0975. The largest absolute Gasteiger partial charge is 0.496 e. The van der Waals surface area contributed by atoms with Crippen LogP contribution in [0.1, 0.15) is 10.4 Å². The molecule has 0 fully saturated rings. The molecule has 6 nitrogen and oxygen atoms in total. The Hall–Kier alpha value is -2.20. The van der Waals surface area contributed by atoms with Gasteiger partial charge in [-0.05, 0) is 64.5 Å². The summed E-state index contributed by atoms with van der Waals surface area (Å²) in [4.78, 5) is 17.0. The maximum Gasteiger partial charge on any atom is 0.261 e. The van der Waals surface area contributed by atoms with E-state index in [1.165, 1.54) is 24.5 Å². The number of hydrogen-bond acceptors (Lipinski definition) is 6. The second-order valence-electron chi connectivity index (χ2n) is 5.64. The highest BCUT2D eigenvalue weighted by Crippen LogP contribution is 2.32. The highest BCUT2D eigenvalue weighted by atomic mass is 79.9. The SMILES string of the molecule is COc1ccc(-c2csc(NC(=S)NC(=O)c3cc(Cl)ccc3OC)n2)cc1Br. The van der Waals surface area contributed by atoms with Gasteiger partial charge < -0.3 is 14.8 Å². The van der Waals surface area contributed by atoms with Crippen LogP contribution >= 0.6 is 51.1 Å². The third-order valence-electron chi connectivity index (χ3n) is 3.81. The van der Waals surface area contributed by atoms with Crippen molar-refractivity contribution in [2.45, 2.75) is 0 Å². The Balaban J connectivity index is 1.68. The summed E-state index contributed by atoms with van der Waals surface area (Å²) in [5, 5.41) is 8.51. The van der Waals surface area contributed by atoms with E-state index in [2.05, 4.69) is 31.5 Å². The molecule has 2 N–H and O–H groups in total. The van der Waals surface area contributed by atoms with Crippen LogP contribution in [0.2, 0.25) is 5.02 Å². The summed E-state index contributed by atoms with van der Waals surface area (Å²) in [5.41, 5.74) is 1.97. The summed E-state index contributed by atoms with van der Waals surface area (Å²) in [7, 11) is 3.09. The molecule has 1 heterocycles. The molecule has 0 radical (unpaired) electrons. The van der Waals surface area contributed by atoms with Crippen LogP contribution in [0.25, 0.3) is 11.3 Å². The number of thiocarbonyl (C=S) groups is 1. The van der Waals surface area contributed by atoms with Crippen LogP contribution in [-0.4, -0.2) is 30.2 Å². The molecule has 0 aliphatic heterocycles. The summed E-state index contributed by atoms with van der Waals surface area (Å²) in [5.74, 6) is 0.705. The van der Waals surface area contributed by atoms with Crippen molar-refractivity contribution < 1.29 is 14.3 Å². The molecule has 3 rings (SSSR count). The normalized spacial score (nSPS) is 10.3. The van der Waals surface area contributed by atoms with Crippen molar-refractivity contribution in [2.24, 2.45) is 0 Å². The lowest BCUT2D eigenvalue weighted by Gasteiger charge is -2.10. The minimum atomic E-state index is -0.433. The fraction of sp³-hybridized carbons (Fsp3) is 0.105. The van der Waals surface area contributed by atoms with Crippen LogP contribution in [0, 0.1) is 0 Å². The van der Waals surface area contributed by atoms with Crippen molar-refractivity contribution in [3.05, 3.63) is 56.8 Å². The molecule has 10 heteroatoms. The van der Waals surface area contributed by atoms with Gasteiger partial charge in [0.25, 0.3) is 5.91 Å². The average molecular weight is 513 g/mol. The van der Waals surface area contributed by atoms with E-state index in [1.54, 1.807) is 19.2 Å². The number of aromatic nitrogens is 1. The Morgan fingerprint density at radius 1 is 1.17 bits per heavy atom. The van der Waals surface area contributed by atoms with Crippen LogP contribution in [0.5, 0.6) is 11.5 Å². The number of nitrogens with one attached hydrogen (secondary N) is 2. The number of carbonyl (C=O) groups is 1. The lowest BCUT2D eigenvalue weighted by Crippen LogP contribution is -2.34. The summed E-state index contributed by atoms with van der Waals surface area (Å²) < 4.78 is 11.3.